The number of halogens is 13. The van der Waals surface area contributed by atoms with Gasteiger partial charge in [-0.25, -0.2) is 4.79 Å². The van der Waals surface area contributed by atoms with Gasteiger partial charge < -0.3 is 5.11 Å². The summed E-state index contributed by atoms with van der Waals surface area (Å²) >= 11 is 0. The zero-order valence-corrected chi connectivity index (χ0v) is 10.2. The lowest BCUT2D eigenvalue weighted by molar-refractivity contribution is -0.435. The van der Waals surface area contributed by atoms with Gasteiger partial charge in [0.15, 0.2) is 0 Å². The summed E-state index contributed by atoms with van der Waals surface area (Å²) in [6.07, 6.45) is -7.58. The summed E-state index contributed by atoms with van der Waals surface area (Å²) in [6, 6.07) is 0. The lowest BCUT2D eigenvalue weighted by atomic mass is 9.92. The maximum Gasteiger partial charge on any atom is 0.460 e. The molecule has 0 saturated heterocycles. The van der Waals surface area contributed by atoms with Crippen molar-refractivity contribution in [2.45, 2.75) is 35.8 Å². The highest BCUT2D eigenvalue weighted by Crippen LogP contribution is 2.60. The summed E-state index contributed by atoms with van der Waals surface area (Å²) in [5, 5.41) is 7.72. The molecule has 0 spiro atoms. The van der Waals surface area contributed by atoms with E-state index in [1.165, 1.54) is 0 Å². The lowest BCUT2D eigenvalue weighted by Gasteiger charge is -2.38. The number of Topliss-reactive ketones (excluding diaryl/α,β-unsaturated/α-hetero) is 1. The number of hydrogen-bond donors (Lipinski definition) is 1. The van der Waals surface area contributed by atoms with Crippen molar-refractivity contribution in [1.82, 2.24) is 0 Å². The number of ketones is 1. The molecule has 16 heteroatoms. The van der Waals surface area contributed by atoms with Crippen LogP contribution in [-0.2, 0) is 9.59 Å². The highest BCUT2D eigenvalue weighted by molar-refractivity contribution is 6.35. The van der Waals surface area contributed by atoms with E-state index in [9.17, 15) is 66.7 Å². The van der Waals surface area contributed by atoms with Gasteiger partial charge in [0.25, 0.3) is 0 Å². The summed E-state index contributed by atoms with van der Waals surface area (Å²) in [6.45, 7) is 0. The van der Waals surface area contributed by atoms with Crippen LogP contribution >= 0.6 is 0 Å². The summed E-state index contributed by atoms with van der Waals surface area (Å²) in [4.78, 5) is 20.0. The van der Waals surface area contributed by atoms with Crippen LogP contribution in [0.3, 0.4) is 0 Å². The molecule has 0 atom stereocenters. The van der Waals surface area contributed by atoms with E-state index in [1.54, 1.807) is 0 Å². The van der Waals surface area contributed by atoms with Crippen molar-refractivity contribution in [2.75, 3.05) is 0 Å². The van der Waals surface area contributed by atoms with Gasteiger partial charge in [0.1, 0.15) is 0 Å². The number of hydrogen-bond acceptors (Lipinski definition) is 2. The lowest BCUT2D eigenvalue weighted by Crippen LogP contribution is -2.71. The number of carbonyl (C=O) groups is 2. The Balaban J connectivity index is 6.41. The molecular formula is C8HF13O3. The van der Waals surface area contributed by atoms with E-state index in [2.05, 4.69) is 0 Å². The molecule has 0 saturated carbocycles. The zero-order valence-electron chi connectivity index (χ0n) is 10.2. The molecule has 0 aromatic heterocycles. The molecule has 0 aliphatic rings. The maximum atomic E-state index is 12.8. The van der Waals surface area contributed by atoms with E-state index in [4.69, 9.17) is 5.11 Å². The standard InChI is InChI=1S/C8HF13O3/c9-3(10,1(22)2(23)24)4(11,12)5(13,14)6(15,16)7(17,18)8(19,20)21/h(H,23,24). The Bertz CT molecular complexity index is 532. The summed E-state index contributed by atoms with van der Waals surface area (Å²) in [7, 11) is 0. The van der Waals surface area contributed by atoms with Crippen LogP contribution in [0.4, 0.5) is 57.1 Å². The Morgan fingerprint density at radius 1 is 0.542 bits per heavy atom. The molecular weight excluding hydrogens is 391 g/mol. The predicted molar refractivity (Wildman–Crippen MR) is 43.4 cm³/mol. The number of rotatable bonds is 6. The second-order valence-electron chi connectivity index (χ2n) is 4.00. The van der Waals surface area contributed by atoms with Gasteiger partial charge in [-0.1, -0.05) is 0 Å². The van der Waals surface area contributed by atoms with Gasteiger partial charge in [-0.05, 0) is 0 Å². The second kappa shape index (κ2) is 5.37. The molecule has 0 fully saturated rings. The Morgan fingerprint density at radius 3 is 1.08 bits per heavy atom. The first-order chi connectivity index (χ1) is 10.1. The van der Waals surface area contributed by atoms with Crippen LogP contribution in [-0.4, -0.2) is 52.6 Å². The average Bonchev–Trinajstić information content (AvgIpc) is 2.35. The molecule has 0 rings (SSSR count). The van der Waals surface area contributed by atoms with Gasteiger partial charge in [-0.2, -0.15) is 57.1 Å². The first-order valence-electron chi connectivity index (χ1n) is 4.84. The van der Waals surface area contributed by atoms with E-state index in [0.717, 1.165) is 0 Å². The molecule has 0 unspecified atom stereocenters. The van der Waals surface area contributed by atoms with Gasteiger partial charge in [0.05, 0.1) is 0 Å². The van der Waals surface area contributed by atoms with Crippen molar-refractivity contribution in [3.05, 3.63) is 0 Å². The fourth-order valence-electron chi connectivity index (χ4n) is 1.05. The van der Waals surface area contributed by atoms with Crippen molar-refractivity contribution >= 4 is 11.8 Å². The third kappa shape index (κ3) is 2.64. The van der Waals surface area contributed by atoms with Crippen LogP contribution in [0.15, 0.2) is 0 Å². The fraction of sp³-hybridized carbons (Fsp3) is 0.750. The molecule has 1 N–H and O–H groups in total. The molecule has 24 heavy (non-hydrogen) atoms. The van der Waals surface area contributed by atoms with Gasteiger partial charge in [0.2, 0.25) is 0 Å². The molecule has 142 valence electrons. The fourth-order valence-corrected chi connectivity index (χ4v) is 1.05. The van der Waals surface area contributed by atoms with E-state index >= 15 is 0 Å². The molecule has 0 amide bonds. The number of carbonyl (C=O) groups excluding carboxylic acids is 1. The highest BCUT2D eigenvalue weighted by atomic mass is 19.4. The largest absolute Gasteiger partial charge is 0.475 e. The topological polar surface area (TPSA) is 54.4 Å². The zero-order chi connectivity index (χ0) is 20.2. The first-order valence-corrected chi connectivity index (χ1v) is 4.84. The second-order valence-corrected chi connectivity index (χ2v) is 4.00. The van der Waals surface area contributed by atoms with E-state index < -0.39 is 47.5 Å². The van der Waals surface area contributed by atoms with Gasteiger partial charge >= 0.3 is 47.5 Å². The Hall–Kier alpha value is -1.77. The minimum atomic E-state index is -8.19. The van der Waals surface area contributed by atoms with Crippen LogP contribution in [0, 0.1) is 0 Å². The van der Waals surface area contributed by atoms with Crippen molar-refractivity contribution in [2.24, 2.45) is 0 Å². The number of carboxylic acids is 1. The molecule has 3 nitrogen and oxygen atoms in total. The average molecular weight is 392 g/mol. The van der Waals surface area contributed by atoms with Crippen molar-refractivity contribution in [3.63, 3.8) is 0 Å². The summed E-state index contributed by atoms with van der Waals surface area (Å²) < 4.78 is 162. The van der Waals surface area contributed by atoms with E-state index in [1.807, 2.05) is 0 Å². The van der Waals surface area contributed by atoms with E-state index in [-0.39, 0.29) is 0 Å². The smallest absolute Gasteiger partial charge is 0.460 e. The van der Waals surface area contributed by atoms with Gasteiger partial charge in [-0.15, -0.1) is 0 Å². The number of carboxylic acid groups (broad SMARTS) is 1. The van der Waals surface area contributed by atoms with Gasteiger partial charge in [0, 0.05) is 0 Å². The molecule has 0 aliphatic carbocycles. The summed E-state index contributed by atoms with van der Waals surface area (Å²) in [5.74, 6) is -47.2. The third-order valence-electron chi connectivity index (χ3n) is 2.41. The molecule has 0 aromatic rings. The van der Waals surface area contributed by atoms with Crippen LogP contribution in [0.2, 0.25) is 0 Å². The van der Waals surface area contributed by atoms with Crippen LogP contribution in [0.1, 0.15) is 0 Å². The van der Waals surface area contributed by atoms with Crippen molar-refractivity contribution in [1.29, 1.82) is 0 Å². The maximum absolute atomic E-state index is 12.8. The van der Waals surface area contributed by atoms with Crippen LogP contribution in [0.5, 0.6) is 0 Å². The highest BCUT2D eigenvalue weighted by Gasteiger charge is 2.91. The van der Waals surface area contributed by atoms with Crippen LogP contribution < -0.4 is 0 Å². The Kier molecular flexibility index (Phi) is 4.97. The summed E-state index contributed by atoms with van der Waals surface area (Å²) in [5.41, 5.74) is 0. The predicted octanol–water partition coefficient (Wildman–Crippen LogP) is 3.38. The molecule has 0 bridgehead atoms. The van der Waals surface area contributed by atoms with Crippen LogP contribution in [0.25, 0.3) is 0 Å². The third-order valence-corrected chi connectivity index (χ3v) is 2.41. The number of aliphatic carboxylic acids is 1. The minimum Gasteiger partial charge on any atom is -0.475 e. The van der Waals surface area contributed by atoms with E-state index in [0.29, 0.717) is 0 Å². The Morgan fingerprint density at radius 2 is 0.833 bits per heavy atom. The Labute approximate surface area is 121 Å². The first kappa shape index (κ1) is 22.2. The van der Waals surface area contributed by atoms with Crippen molar-refractivity contribution < 1.29 is 71.8 Å². The minimum absolute atomic E-state index is 3.57. The molecule has 0 aromatic carbocycles. The molecule has 0 radical (unpaired) electrons. The monoisotopic (exact) mass is 392 g/mol. The van der Waals surface area contributed by atoms with Crippen molar-refractivity contribution in [3.8, 4) is 0 Å². The molecule has 0 aliphatic heterocycles. The quantitative estimate of drug-likeness (QED) is 0.557. The number of alkyl halides is 13. The van der Waals surface area contributed by atoms with Gasteiger partial charge in [-0.3, -0.25) is 4.79 Å². The molecule has 0 heterocycles. The normalized spacial score (nSPS) is 15.4. The SMILES string of the molecule is O=C(O)C(=O)C(F)(F)C(F)(F)C(F)(F)C(F)(F)C(F)(F)C(F)(F)F.